The molecule has 0 radical (unpaired) electrons. The smallest absolute Gasteiger partial charge is 0.249 e. The molecule has 1 saturated heterocycles. The van der Waals surface area contributed by atoms with E-state index in [-0.39, 0.29) is 30.5 Å². The number of benzene rings is 1. The largest absolute Gasteiger partial charge is 0.493 e. The first-order valence-corrected chi connectivity index (χ1v) is 8.60. The minimum Gasteiger partial charge on any atom is -0.493 e. The lowest BCUT2D eigenvalue weighted by Gasteiger charge is -2.13. The third-order valence-corrected chi connectivity index (χ3v) is 4.13. The fourth-order valence-electron chi connectivity index (χ4n) is 2.83. The van der Waals surface area contributed by atoms with E-state index < -0.39 is 0 Å². The fraction of sp³-hybridized carbons (Fsp3) is 0.611. The predicted octanol–water partition coefficient (Wildman–Crippen LogP) is 2.07. The zero-order valence-corrected chi connectivity index (χ0v) is 15.8. The fourth-order valence-corrected chi connectivity index (χ4v) is 2.83. The number of halogens is 1. The first kappa shape index (κ1) is 21.5. The Kier molecular flexibility index (Phi) is 9.63. The van der Waals surface area contributed by atoms with Gasteiger partial charge in [0.05, 0.1) is 19.8 Å². The van der Waals surface area contributed by atoms with Gasteiger partial charge >= 0.3 is 0 Å². The van der Waals surface area contributed by atoms with Crippen molar-refractivity contribution in [1.82, 2.24) is 5.32 Å². The van der Waals surface area contributed by atoms with Crippen molar-refractivity contribution >= 4 is 18.3 Å². The van der Waals surface area contributed by atoms with Crippen molar-refractivity contribution < 1.29 is 19.0 Å². The highest BCUT2D eigenvalue weighted by Crippen LogP contribution is 2.28. The van der Waals surface area contributed by atoms with E-state index in [0.717, 1.165) is 42.7 Å². The van der Waals surface area contributed by atoms with Crippen LogP contribution in [0.2, 0.25) is 0 Å². The molecule has 1 aliphatic heterocycles. The summed E-state index contributed by atoms with van der Waals surface area (Å²) in [5.41, 5.74) is 6.72. The molecule has 7 heteroatoms. The summed E-state index contributed by atoms with van der Waals surface area (Å²) in [5.74, 6) is 1.46. The number of methoxy groups -OCH3 is 1. The molecule has 2 atom stereocenters. The van der Waals surface area contributed by atoms with E-state index in [0.29, 0.717) is 19.7 Å². The number of hydrogen-bond donors (Lipinski definition) is 2. The van der Waals surface area contributed by atoms with Crippen LogP contribution in [0.25, 0.3) is 0 Å². The Balaban J connectivity index is 0.00000312. The average Bonchev–Trinajstić information content (AvgIpc) is 3.08. The van der Waals surface area contributed by atoms with Gasteiger partial charge in [0.25, 0.3) is 0 Å². The molecule has 1 aliphatic rings. The van der Waals surface area contributed by atoms with Crippen LogP contribution in [0.1, 0.15) is 31.7 Å². The number of rotatable bonds is 9. The lowest BCUT2D eigenvalue weighted by atomic mass is 10.1. The van der Waals surface area contributed by atoms with E-state index in [1.807, 2.05) is 25.1 Å². The Morgan fingerprint density at radius 2 is 2.16 bits per heavy atom. The van der Waals surface area contributed by atoms with Crippen LogP contribution in [-0.4, -0.2) is 44.9 Å². The number of hydrogen-bond acceptors (Lipinski definition) is 5. The second-order valence-corrected chi connectivity index (χ2v) is 5.87. The second kappa shape index (κ2) is 11.2. The normalized spacial score (nSPS) is 19.2. The van der Waals surface area contributed by atoms with E-state index in [1.54, 1.807) is 7.11 Å². The van der Waals surface area contributed by atoms with E-state index in [9.17, 15) is 4.79 Å². The number of carbonyl (C=O) groups excluding carboxylic acids is 1. The lowest BCUT2D eigenvalue weighted by Crippen LogP contribution is -2.36. The van der Waals surface area contributed by atoms with Crippen LogP contribution < -0.4 is 20.5 Å². The molecule has 1 aromatic rings. The van der Waals surface area contributed by atoms with Gasteiger partial charge in [0.2, 0.25) is 5.91 Å². The number of ether oxygens (including phenoxy) is 3. The van der Waals surface area contributed by atoms with Gasteiger partial charge in [0, 0.05) is 13.1 Å². The minimum atomic E-state index is -0.343. The van der Waals surface area contributed by atoms with Gasteiger partial charge in [-0.3, -0.25) is 4.79 Å². The lowest BCUT2D eigenvalue weighted by molar-refractivity contribution is -0.131. The van der Waals surface area contributed by atoms with Crippen LogP contribution in [0.4, 0.5) is 0 Å². The van der Waals surface area contributed by atoms with Crippen molar-refractivity contribution in [2.24, 2.45) is 5.73 Å². The van der Waals surface area contributed by atoms with Gasteiger partial charge < -0.3 is 25.3 Å². The van der Waals surface area contributed by atoms with Gasteiger partial charge in [-0.1, -0.05) is 6.07 Å². The number of nitrogens with two attached hydrogens (primary N) is 1. The highest BCUT2D eigenvalue weighted by atomic mass is 35.5. The molecule has 0 spiro atoms. The number of carbonyl (C=O) groups is 1. The summed E-state index contributed by atoms with van der Waals surface area (Å²) < 4.78 is 16.4. The van der Waals surface area contributed by atoms with Crippen molar-refractivity contribution in [3.05, 3.63) is 23.8 Å². The zero-order chi connectivity index (χ0) is 17.4. The van der Waals surface area contributed by atoms with Crippen LogP contribution in [0.3, 0.4) is 0 Å². The standard InChI is InChI=1S/C18H28N2O4.ClH/c1-3-23-17-11-13(6-8-15(17)22-2)5-4-10-20-18(21)16-9-7-14(12-19)24-16;/h6,8,11,14,16H,3-5,7,9-10,12,19H2,1-2H3,(H,20,21);1H/t14-,16+;/m1./s1. The highest BCUT2D eigenvalue weighted by Gasteiger charge is 2.29. The van der Waals surface area contributed by atoms with Crippen molar-refractivity contribution in [2.45, 2.75) is 44.8 Å². The van der Waals surface area contributed by atoms with E-state index in [1.165, 1.54) is 0 Å². The SMILES string of the molecule is CCOc1cc(CCCNC(=O)[C@@H]2CC[C@H](CN)O2)ccc1OC.Cl. The van der Waals surface area contributed by atoms with E-state index >= 15 is 0 Å². The first-order chi connectivity index (χ1) is 11.7. The average molecular weight is 373 g/mol. The van der Waals surface area contributed by atoms with Gasteiger partial charge in [0.15, 0.2) is 11.5 Å². The van der Waals surface area contributed by atoms with Crippen molar-refractivity contribution in [1.29, 1.82) is 0 Å². The predicted molar refractivity (Wildman–Crippen MR) is 99.7 cm³/mol. The summed E-state index contributed by atoms with van der Waals surface area (Å²) in [6.45, 7) is 3.65. The van der Waals surface area contributed by atoms with Gasteiger partial charge in [-0.25, -0.2) is 0 Å². The van der Waals surface area contributed by atoms with Gasteiger partial charge in [-0.05, 0) is 50.3 Å². The summed E-state index contributed by atoms with van der Waals surface area (Å²) >= 11 is 0. The Bertz CT molecular complexity index is 542. The summed E-state index contributed by atoms with van der Waals surface area (Å²) in [7, 11) is 1.63. The van der Waals surface area contributed by atoms with E-state index in [2.05, 4.69) is 5.32 Å². The molecule has 142 valence electrons. The topological polar surface area (TPSA) is 82.8 Å². The molecule has 0 aliphatic carbocycles. The van der Waals surface area contributed by atoms with Gasteiger partial charge in [-0.15, -0.1) is 12.4 Å². The Hall–Kier alpha value is -1.50. The monoisotopic (exact) mass is 372 g/mol. The van der Waals surface area contributed by atoms with Crippen LogP contribution in [-0.2, 0) is 16.0 Å². The van der Waals surface area contributed by atoms with E-state index in [4.69, 9.17) is 19.9 Å². The molecule has 1 heterocycles. The first-order valence-electron chi connectivity index (χ1n) is 8.60. The third kappa shape index (κ3) is 6.38. The molecule has 0 saturated carbocycles. The van der Waals surface area contributed by atoms with Gasteiger partial charge in [0.1, 0.15) is 6.10 Å². The van der Waals surface area contributed by atoms with Gasteiger partial charge in [-0.2, -0.15) is 0 Å². The number of nitrogens with one attached hydrogen (secondary N) is 1. The van der Waals surface area contributed by atoms with Crippen LogP contribution in [0.15, 0.2) is 18.2 Å². The Morgan fingerprint density at radius 1 is 1.36 bits per heavy atom. The van der Waals surface area contributed by atoms with Crippen LogP contribution in [0, 0.1) is 0 Å². The van der Waals surface area contributed by atoms with Crippen molar-refractivity contribution in [3.63, 3.8) is 0 Å². The summed E-state index contributed by atoms with van der Waals surface area (Å²) in [6.07, 6.45) is 3.02. The second-order valence-electron chi connectivity index (χ2n) is 5.87. The molecule has 2 rings (SSSR count). The van der Waals surface area contributed by atoms with Crippen LogP contribution >= 0.6 is 12.4 Å². The Labute approximate surface area is 155 Å². The molecule has 0 aromatic heterocycles. The molecule has 1 aromatic carbocycles. The number of amides is 1. The quantitative estimate of drug-likeness (QED) is 0.648. The summed E-state index contributed by atoms with van der Waals surface area (Å²) in [4.78, 5) is 12.0. The summed E-state index contributed by atoms with van der Waals surface area (Å²) in [5, 5.41) is 2.94. The number of aryl methyl sites for hydroxylation is 1. The van der Waals surface area contributed by atoms with Crippen molar-refractivity contribution in [2.75, 3.05) is 26.8 Å². The molecular weight excluding hydrogens is 344 g/mol. The third-order valence-electron chi connectivity index (χ3n) is 4.13. The minimum absolute atomic E-state index is 0. The molecule has 0 bridgehead atoms. The molecular formula is C18H29ClN2O4. The molecule has 1 fully saturated rings. The molecule has 25 heavy (non-hydrogen) atoms. The molecule has 3 N–H and O–H groups in total. The molecule has 6 nitrogen and oxygen atoms in total. The highest BCUT2D eigenvalue weighted by molar-refractivity contribution is 5.85. The van der Waals surface area contributed by atoms with Crippen LogP contribution in [0.5, 0.6) is 11.5 Å². The maximum absolute atomic E-state index is 12.0. The van der Waals surface area contributed by atoms with Crippen molar-refractivity contribution in [3.8, 4) is 11.5 Å². The maximum atomic E-state index is 12.0. The maximum Gasteiger partial charge on any atom is 0.249 e. The Morgan fingerprint density at radius 3 is 2.80 bits per heavy atom. The zero-order valence-electron chi connectivity index (χ0n) is 15.0. The molecule has 0 unspecified atom stereocenters. The molecule has 1 amide bonds. The summed E-state index contributed by atoms with van der Waals surface area (Å²) in [6, 6.07) is 5.93.